The summed E-state index contributed by atoms with van der Waals surface area (Å²) in [6.45, 7) is 10.6. The first-order valence-corrected chi connectivity index (χ1v) is 12.0. The Bertz CT molecular complexity index is 1290. The van der Waals surface area contributed by atoms with Gasteiger partial charge in [-0.2, -0.15) is 0 Å². The van der Waals surface area contributed by atoms with Crippen molar-refractivity contribution in [1.82, 2.24) is 0 Å². The summed E-state index contributed by atoms with van der Waals surface area (Å²) in [5.74, 6) is -1.29. The molecule has 0 saturated heterocycles. The van der Waals surface area contributed by atoms with Crippen LogP contribution in [0.15, 0.2) is 70.6 Å². The zero-order valence-corrected chi connectivity index (χ0v) is 24.9. The number of phenols is 2. The average molecular weight is 712 g/mol. The van der Waals surface area contributed by atoms with Gasteiger partial charge in [-0.25, -0.2) is 9.59 Å². The second kappa shape index (κ2) is 12.9. The van der Waals surface area contributed by atoms with Crippen LogP contribution in [0.5, 0.6) is 11.5 Å². The molecule has 0 aliphatic heterocycles. The van der Waals surface area contributed by atoms with E-state index in [0.717, 1.165) is 0 Å². The van der Waals surface area contributed by atoms with E-state index in [0.29, 0.717) is 22.5 Å². The normalized spacial score (nSPS) is 11.8. The van der Waals surface area contributed by atoms with Crippen LogP contribution in [0.1, 0.15) is 73.4 Å². The number of hydrogen-bond acceptors (Lipinski definition) is 8. The molecule has 0 radical (unpaired) electrons. The van der Waals surface area contributed by atoms with Crippen LogP contribution in [0.4, 0.5) is 11.4 Å². The van der Waals surface area contributed by atoms with E-state index in [-0.39, 0.29) is 43.7 Å². The Hall–Kier alpha value is -3.77. The molecule has 8 nitrogen and oxygen atoms in total. The van der Waals surface area contributed by atoms with Gasteiger partial charge in [-0.1, -0.05) is 12.1 Å². The summed E-state index contributed by atoms with van der Waals surface area (Å²) in [6, 6.07) is 16.0. The van der Waals surface area contributed by atoms with Crippen molar-refractivity contribution < 1.29 is 50.3 Å². The average Bonchev–Trinajstić information content (AvgIpc) is 2.81. The summed E-state index contributed by atoms with van der Waals surface area (Å²) in [5, 5.41) is 20.8. The smallest absolute Gasteiger partial charge is 0.338 e. The standard InChI is InChI=1S/C30H32N2O6.Pt/c1-29(2,3)37-27(35)19-11-13-21(25(33)15-19)17-31-23-9-7-8-10-24(23)32-18-22-14-12-20(16-26(22)34)28(36)38-30(4,5)6;/h7-18,33-34H,1-6H3;. The Morgan fingerprint density at radius 3 is 1.33 bits per heavy atom. The van der Waals surface area contributed by atoms with Crippen molar-refractivity contribution >= 4 is 35.7 Å². The number of ether oxygens (including phenoxy) is 2. The zero-order chi connectivity index (χ0) is 28.1. The predicted octanol–water partition coefficient (Wildman–Crippen LogP) is 6.51. The van der Waals surface area contributed by atoms with Crippen molar-refractivity contribution in [3.63, 3.8) is 0 Å². The molecule has 0 aliphatic rings. The number of aromatic hydroxyl groups is 2. The molecule has 0 amide bonds. The van der Waals surface area contributed by atoms with E-state index in [4.69, 9.17) is 9.47 Å². The fourth-order valence-electron chi connectivity index (χ4n) is 3.19. The van der Waals surface area contributed by atoms with Gasteiger partial charge in [-0.15, -0.1) is 0 Å². The fraction of sp³-hybridized carbons (Fsp3) is 0.267. The summed E-state index contributed by atoms with van der Waals surface area (Å²) in [6.07, 6.45) is 2.94. The summed E-state index contributed by atoms with van der Waals surface area (Å²) >= 11 is 0. The number of phenolic OH excluding ortho intramolecular Hbond substituents is 2. The van der Waals surface area contributed by atoms with Crippen molar-refractivity contribution in [2.75, 3.05) is 0 Å². The number of nitrogens with zero attached hydrogens (tertiary/aromatic N) is 2. The maximum atomic E-state index is 12.2. The third kappa shape index (κ3) is 9.48. The maximum Gasteiger partial charge on any atom is 0.338 e. The molecule has 3 aromatic rings. The molecule has 0 fully saturated rings. The second-order valence-electron chi connectivity index (χ2n) is 10.6. The number of benzene rings is 3. The molecule has 0 spiro atoms. The van der Waals surface area contributed by atoms with E-state index in [2.05, 4.69) is 9.98 Å². The van der Waals surface area contributed by atoms with Crippen LogP contribution in [0.3, 0.4) is 0 Å². The number of para-hydroxylation sites is 2. The Labute approximate surface area is 242 Å². The van der Waals surface area contributed by atoms with Crippen LogP contribution in [0.25, 0.3) is 0 Å². The molecule has 208 valence electrons. The molecule has 0 unspecified atom stereocenters. The fourth-order valence-corrected chi connectivity index (χ4v) is 3.19. The number of aliphatic imine (C=N–C) groups is 2. The molecule has 0 atom stereocenters. The van der Waals surface area contributed by atoms with E-state index in [1.54, 1.807) is 90.1 Å². The second-order valence-corrected chi connectivity index (χ2v) is 10.6. The van der Waals surface area contributed by atoms with E-state index < -0.39 is 23.1 Å². The molecule has 2 N–H and O–H groups in total. The van der Waals surface area contributed by atoms with Crippen molar-refractivity contribution in [2.45, 2.75) is 52.7 Å². The van der Waals surface area contributed by atoms with Crippen LogP contribution < -0.4 is 0 Å². The molecule has 3 rings (SSSR count). The van der Waals surface area contributed by atoms with Gasteiger partial charge in [-0.05, 0) is 90.1 Å². The number of rotatable bonds is 6. The van der Waals surface area contributed by atoms with Gasteiger partial charge in [0.15, 0.2) is 0 Å². The minimum atomic E-state index is -0.645. The minimum absolute atomic E-state index is 0. The Kier molecular flexibility index (Phi) is 10.4. The van der Waals surface area contributed by atoms with Crippen molar-refractivity contribution in [3.8, 4) is 11.5 Å². The number of carbonyl (C=O) groups excluding carboxylic acids is 2. The first-order chi connectivity index (χ1) is 17.7. The molecule has 39 heavy (non-hydrogen) atoms. The summed E-state index contributed by atoms with van der Waals surface area (Å²) in [4.78, 5) is 33.4. The Morgan fingerprint density at radius 1 is 0.667 bits per heavy atom. The van der Waals surface area contributed by atoms with E-state index in [1.807, 2.05) is 0 Å². The zero-order valence-electron chi connectivity index (χ0n) is 22.7. The van der Waals surface area contributed by atoms with Gasteiger partial charge in [0.1, 0.15) is 22.7 Å². The van der Waals surface area contributed by atoms with Gasteiger partial charge in [-0.3, -0.25) is 9.98 Å². The van der Waals surface area contributed by atoms with Crippen LogP contribution >= 0.6 is 0 Å². The van der Waals surface area contributed by atoms with Crippen molar-refractivity contribution in [2.24, 2.45) is 9.98 Å². The monoisotopic (exact) mass is 711 g/mol. The van der Waals surface area contributed by atoms with Gasteiger partial charge in [0.2, 0.25) is 0 Å². The van der Waals surface area contributed by atoms with Crippen LogP contribution in [-0.4, -0.2) is 45.8 Å². The number of hydrogen-bond donors (Lipinski definition) is 2. The molecule has 3 aromatic carbocycles. The number of esters is 2. The third-order valence-corrected chi connectivity index (χ3v) is 4.90. The first kappa shape index (κ1) is 31.4. The minimum Gasteiger partial charge on any atom is -0.507 e. The van der Waals surface area contributed by atoms with Gasteiger partial charge in [0, 0.05) is 44.6 Å². The van der Waals surface area contributed by atoms with Crippen molar-refractivity contribution in [1.29, 1.82) is 0 Å². The van der Waals surface area contributed by atoms with Crippen molar-refractivity contribution in [3.05, 3.63) is 82.9 Å². The quantitative estimate of drug-likeness (QED) is 0.223. The number of carbonyl (C=O) groups is 2. The van der Waals surface area contributed by atoms with Gasteiger partial charge in [0.05, 0.1) is 22.5 Å². The summed E-state index contributed by atoms with van der Waals surface area (Å²) in [7, 11) is 0. The Balaban J connectivity index is 0.00000533. The molecule has 9 heteroatoms. The topological polar surface area (TPSA) is 118 Å². The molecule has 0 aliphatic carbocycles. The first-order valence-electron chi connectivity index (χ1n) is 12.0. The molecular weight excluding hydrogens is 679 g/mol. The Morgan fingerprint density at radius 2 is 1.03 bits per heavy atom. The van der Waals surface area contributed by atoms with Crippen LogP contribution in [0, 0.1) is 0 Å². The van der Waals surface area contributed by atoms with Gasteiger partial charge < -0.3 is 19.7 Å². The van der Waals surface area contributed by atoms with Crippen LogP contribution in [0.2, 0.25) is 0 Å². The SMILES string of the molecule is CC(C)(C)OC(=O)c1ccc(C=Nc2ccccc2N=Cc2ccc(C(=O)OC(C)(C)C)cc2O)c(O)c1.[Pt]. The summed E-state index contributed by atoms with van der Waals surface area (Å²) in [5.41, 5.74) is 1.03. The molecular formula is C30H32N2O6Pt. The largest absolute Gasteiger partial charge is 0.507 e. The van der Waals surface area contributed by atoms with Crippen LogP contribution in [-0.2, 0) is 30.5 Å². The summed E-state index contributed by atoms with van der Waals surface area (Å²) < 4.78 is 10.7. The molecule has 0 bridgehead atoms. The maximum absolute atomic E-state index is 12.2. The third-order valence-electron chi connectivity index (χ3n) is 4.90. The van der Waals surface area contributed by atoms with E-state index >= 15 is 0 Å². The molecule has 0 aromatic heterocycles. The van der Waals surface area contributed by atoms with Gasteiger partial charge >= 0.3 is 11.9 Å². The van der Waals surface area contributed by atoms with Gasteiger partial charge in [0.25, 0.3) is 0 Å². The molecule has 0 heterocycles. The van der Waals surface area contributed by atoms with E-state index in [1.165, 1.54) is 24.6 Å². The molecule has 0 saturated carbocycles. The predicted molar refractivity (Wildman–Crippen MR) is 148 cm³/mol. The van der Waals surface area contributed by atoms with E-state index in [9.17, 15) is 19.8 Å².